The van der Waals surface area contributed by atoms with Gasteiger partial charge in [0.15, 0.2) is 0 Å². The predicted octanol–water partition coefficient (Wildman–Crippen LogP) is 4.21. The molecule has 18 heavy (non-hydrogen) atoms. The smallest absolute Gasteiger partial charge is 0.00124 e. The first-order chi connectivity index (χ1) is 8.09. The number of likely N-dealkylation sites (tertiary alicyclic amines) is 1. The van der Waals surface area contributed by atoms with Crippen LogP contribution in [0.15, 0.2) is 0 Å². The van der Waals surface area contributed by atoms with Crippen molar-refractivity contribution in [2.45, 2.75) is 52.9 Å². The monoisotopic (exact) mass is 271 g/mol. The molecule has 1 nitrogen and oxygen atoms in total. The lowest BCUT2D eigenvalue weighted by molar-refractivity contribution is -0.133. The highest BCUT2D eigenvalue weighted by Crippen LogP contribution is 2.62. The quantitative estimate of drug-likeness (QED) is 0.727. The van der Waals surface area contributed by atoms with E-state index in [4.69, 9.17) is 0 Å². The molecule has 2 bridgehead atoms. The lowest BCUT2D eigenvalue weighted by atomic mass is 9.43. The number of halogens is 1. The first-order valence-electron chi connectivity index (χ1n) is 7.81. The highest BCUT2D eigenvalue weighted by Gasteiger charge is 2.56. The fourth-order valence-corrected chi connectivity index (χ4v) is 4.97. The van der Waals surface area contributed by atoms with Gasteiger partial charge in [-0.25, -0.2) is 0 Å². The van der Waals surface area contributed by atoms with E-state index in [9.17, 15) is 0 Å². The standard InChI is InChI=1S/C16H29N.ClH/c1-12-13(11-17-7-5-4-6-8-17)9-14-10-15(12)16(14,2)3;/h12-15H,4-11H2,1-3H3;1H. The van der Waals surface area contributed by atoms with Crippen molar-refractivity contribution in [3.63, 3.8) is 0 Å². The molecule has 1 saturated heterocycles. The van der Waals surface area contributed by atoms with E-state index >= 15 is 0 Å². The van der Waals surface area contributed by atoms with Crippen molar-refractivity contribution in [1.29, 1.82) is 0 Å². The summed E-state index contributed by atoms with van der Waals surface area (Å²) < 4.78 is 0. The fraction of sp³-hybridized carbons (Fsp3) is 1.00. The first kappa shape index (κ1) is 14.7. The largest absolute Gasteiger partial charge is 0.303 e. The van der Waals surface area contributed by atoms with E-state index in [2.05, 4.69) is 25.7 Å². The van der Waals surface area contributed by atoms with Gasteiger partial charge in [0, 0.05) is 6.54 Å². The summed E-state index contributed by atoms with van der Waals surface area (Å²) in [5, 5.41) is 0. The molecule has 1 heterocycles. The highest BCUT2D eigenvalue weighted by atomic mass is 35.5. The third-order valence-corrected chi connectivity index (χ3v) is 6.45. The molecule has 3 aliphatic carbocycles. The van der Waals surface area contributed by atoms with Gasteiger partial charge in [-0.2, -0.15) is 0 Å². The van der Waals surface area contributed by atoms with Crippen LogP contribution in [0, 0.1) is 29.1 Å². The van der Waals surface area contributed by atoms with Crippen LogP contribution in [-0.2, 0) is 0 Å². The van der Waals surface area contributed by atoms with Crippen LogP contribution in [-0.4, -0.2) is 24.5 Å². The van der Waals surface area contributed by atoms with Crippen LogP contribution < -0.4 is 0 Å². The van der Waals surface area contributed by atoms with E-state index in [0.717, 1.165) is 23.7 Å². The predicted molar refractivity (Wildman–Crippen MR) is 80.2 cm³/mol. The van der Waals surface area contributed by atoms with Gasteiger partial charge < -0.3 is 4.90 Å². The number of hydrogen-bond acceptors (Lipinski definition) is 1. The molecule has 0 amide bonds. The Morgan fingerprint density at radius 2 is 1.72 bits per heavy atom. The Bertz CT molecular complexity index is 283. The molecule has 0 aromatic carbocycles. The Labute approximate surface area is 119 Å². The van der Waals surface area contributed by atoms with Crippen molar-refractivity contribution in [1.82, 2.24) is 4.90 Å². The van der Waals surface area contributed by atoms with Gasteiger partial charge in [0.25, 0.3) is 0 Å². The third kappa shape index (κ3) is 2.33. The van der Waals surface area contributed by atoms with Crippen LogP contribution in [0.3, 0.4) is 0 Å². The molecule has 4 aliphatic rings. The van der Waals surface area contributed by atoms with Gasteiger partial charge in [-0.05, 0) is 67.9 Å². The van der Waals surface area contributed by atoms with E-state index in [1.165, 1.54) is 51.7 Å². The van der Waals surface area contributed by atoms with Gasteiger partial charge >= 0.3 is 0 Å². The molecule has 2 heteroatoms. The van der Waals surface area contributed by atoms with Crippen LogP contribution in [0.2, 0.25) is 0 Å². The number of rotatable bonds is 2. The second-order valence-electron chi connectivity index (χ2n) is 7.58. The van der Waals surface area contributed by atoms with E-state index in [1.807, 2.05) is 0 Å². The highest BCUT2D eigenvalue weighted by molar-refractivity contribution is 5.85. The van der Waals surface area contributed by atoms with E-state index < -0.39 is 0 Å². The fourth-order valence-electron chi connectivity index (χ4n) is 4.97. The summed E-state index contributed by atoms with van der Waals surface area (Å²) in [5.74, 6) is 4.04. The average molecular weight is 272 g/mol. The summed E-state index contributed by atoms with van der Waals surface area (Å²) in [6.45, 7) is 11.7. The molecular weight excluding hydrogens is 242 g/mol. The van der Waals surface area contributed by atoms with Crippen LogP contribution in [0.5, 0.6) is 0 Å². The Hall–Kier alpha value is 0.250. The number of hydrogen-bond donors (Lipinski definition) is 0. The zero-order valence-corrected chi connectivity index (χ0v) is 13.1. The Kier molecular flexibility index (Phi) is 4.33. The van der Waals surface area contributed by atoms with Crippen LogP contribution >= 0.6 is 12.4 Å². The molecule has 4 fully saturated rings. The SMILES string of the molecule is CC1C(CN2CCCCC2)CC2CC1C2(C)C.Cl. The summed E-state index contributed by atoms with van der Waals surface area (Å²) >= 11 is 0. The molecule has 106 valence electrons. The molecule has 4 rings (SSSR count). The summed E-state index contributed by atoms with van der Waals surface area (Å²) in [6.07, 6.45) is 7.40. The molecule has 1 aliphatic heterocycles. The Morgan fingerprint density at radius 3 is 2.28 bits per heavy atom. The molecule has 0 aromatic heterocycles. The lowest BCUT2D eigenvalue weighted by Gasteiger charge is -2.62. The molecule has 3 saturated carbocycles. The molecule has 0 N–H and O–H groups in total. The minimum Gasteiger partial charge on any atom is -0.303 e. The minimum atomic E-state index is 0. The molecule has 0 spiro atoms. The van der Waals surface area contributed by atoms with Crippen molar-refractivity contribution in [3.8, 4) is 0 Å². The maximum atomic E-state index is 2.75. The topological polar surface area (TPSA) is 3.24 Å². The summed E-state index contributed by atoms with van der Waals surface area (Å²) in [5.41, 5.74) is 0.664. The van der Waals surface area contributed by atoms with E-state index in [-0.39, 0.29) is 12.4 Å². The number of nitrogens with zero attached hydrogens (tertiary/aromatic N) is 1. The zero-order valence-electron chi connectivity index (χ0n) is 12.3. The zero-order chi connectivity index (χ0) is 12.0. The molecular formula is C16H30ClN. The van der Waals surface area contributed by atoms with Crippen molar-refractivity contribution in [2.24, 2.45) is 29.1 Å². The molecule has 4 unspecified atom stereocenters. The average Bonchev–Trinajstić information content (AvgIpc) is 2.32. The summed E-state index contributed by atoms with van der Waals surface area (Å²) in [4.78, 5) is 2.75. The summed E-state index contributed by atoms with van der Waals surface area (Å²) in [6, 6.07) is 0. The second kappa shape index (κ2) is 5.32. The van der Waals surface area contributed by atoms with Crippen molar-refractivity contribution >= 4 is 12.4 Å². The Morgan fingerprint density at radius 1 is 1.06 bits per heavy atom. The molecule has 4 atom stereocenters. The van der Waals surface area contributed by atoms with Crippen LogP contribution in [0.4, 0.5) is 0 Å². The van der Waals surface area contributed by atoms with Gasteiger partial charge in [0.05, 0.1) is 0 Å². The lowest BCUT2D eigenvalue weighted by Crippen LogP contribution is -2.56. The molecule has 0 radical (unpaired) electrons. The van der Waals surface area contributed by atoms with Crippen molar-refractivity contribution in [3.05, 3.63) is 0 Å². The van der Waals surface area contributed by atoms with Crippen molar-refractivity contribution < 1.29 is 0 Å². The van der Waals surface area contributed by atoms with Gasteiger partial charge in [0.1, 0.15) is 0 Å². The second-order valence-corrected chi connectivity index (χ2v) is 7.58. The van der Waals surface area contributed by atoms with Gasteiger partial charge in [-0.15, -0.1) is 12.4 Å². The third-order valence-electron chi connectivity index (χ3n) is 6.45. The maximum absolute atomic E-state index is 2.75. The molecule has 0 aromatic rings. The van der Waals surface area contributed by atoms with Gasteiger partial charge in [-0.1, -0.05) is 27.2 Å². The summed E-state index contributed by atoms with van der Waals surface area (Å²) in [7, 11) is 0. The number of piperidine rings is 1. The van der Waals surface area contributed by atoms with Gasteiger partial charge in [0.2, 0.25) is 0 Å². The minimum absolute atomic E-state index is 0. The Balaban J connectivity index is 0.00000120. The van der Waals surface area contributed by atoms with Crippen LogP contribution in [0.25, 0.3) is 0 Å². The van der Waals surface area contributed by atoms with E-state index in [1.54, 1.807) is 0 Å². The normalized spacial score (nSPS) is 42.8. The maximum Gasteiger partial charge on any atom is 0.00124 e. The van der Waals surface area contributed by atoms with E-state index in [0.29, 0.717) is 5.41 Å². The number of fused-ring (bicyclic) bond motifs is 2. The van der Waals surface area contributed by atoms with Crippen molar-refractivity contribution in [2.75, 3.05) is 19.6 Å². The first-order valence-corrected chi connectivity index (χ1v) is 7.81. The van der Waals surface area contributed by atoms with Gasteiger partial charge in [-0.3, -0.25) is 0 Å². The van der Waals surface area contributed by atoms with Crippen LogP contribution in [0.1, 0.15) is 52.9 Å².